The Morgan fingerprint density at radius 1 is 1.17 bits per heavy atom. The fourth-order valence-corrected chi connectivity index (χ4v) is 6.00. The van der Waals surface area contributed by atoms with Crippen molar-refractivity contribution in [3.8, 4) is 0 Å². The fraction of sp³-hybridized carbons (Fsp3) is 0.875. The van der Waals surface area contributed by atoms with Gasteiger partial charge in [-0.25, -0.2) is 12.7 Å². The van der Waals surface area contributed by atoms with Gasteiger partial charge in [0.2, 0.25) is 15.9 Å². The van der Waals surface area contributed by atoms with E-state index >= 15 is 0 Å². The van der Waals surface area contributed by atoms with Crippen molar-refractivity contribution in [2.75, 3.05) is 33.3 Å². The van der Waals surface area contributed by atoms with Crippen molar-refractivity contribution in [1.82, 2.24) is 9.21 Å². The highest BCUT2D eigenvalue weighted by Gasteiger charge is 2.47. The minimum absolute atomic E-state index is 0.0686. The minimum atomic E-state index is -3.26. The maximum atomic E-state index is 12.7. The summed E-state index contributed by atoms with van der Waals surface area (Å²) in [6.45, 7) is 6.17. The molecule has 0 saturated carbocycles. The highest BCUT2D eigenvalue weighted by atomic mass is 32.2. The van der Waals surface area contributed by atoms with Crippen molar-refractivity contribution < 1.29 is 22.7 Å². The average Bonchev–Trinajstić information content (AvgIpc) is 2.68. The summed E-state index contributed by atoms with van der Waals surface area (Å²) in [5.41, 5.74) is 0. The number of methoxy groups -OCH3 is 1. The molecule has 8 heteroatoms. The molecule has 0 aromatic carbocycles. The molecule has 0 N–H and O–H groups in total. The Morgan fingerprint density at radius 3 is 2.46 bits per heavy atom. The third-order valence-electron chi connectivity index (χ3n) is 4.85. The normalized spacial score (nSPS) is 26.9. The fourth-order valence-electron chi connectivity index (χ4n) is 3.60. The Kier molecular flexibility index (Phi) is 6.25. The molecule has 2 saturated heterocycles. The lowest BCUT2D eigenvalue weighted by atomic mass is 10.0. The summed E-state index contributed by atoms with van der Waals surface area (Å²) in [6.07, 6.45) is 1.36. The Labute approximate surface area is 144 Å². The van der Waals surface area contributed by atoms with Gasteiger partial charge in [0.05, 0.1) is 18.8 Å². The lowest BCUT2D eigenvalue weighted by Gasteiger charge is -2.22. The van der Waals surface area contributed by atoms with Gasteiger partial charge in [-0.3, -0.25) is 9.59 Å². The number of likely N-dealkylation sites (tertiary alicyclic amines) is 1. The van der Waals surface area contributed by atoms with Crippen molar-refractivity contribution in [1.29, 1.82) is 0 Å². The van der Waals surface area contributed by atoms with Crippen LogP contribution >= 0.6 is 0 Å². The molecule has 7 nitrogen and oxygen atoms in total. The van der Waals surface area contributed by atoms with E-state index in [0.29, 0.717) is 44.9 Å². The van der Waals surface area contributed by atoms with E-state index in [4.69, 9.17) is 0 Å². The number of hydrogen-bond donors (Lipinski definition) is 0. The van der Waals surface area contributed by atoms with Crippen LogP contribution in [0.4, 0.5) is 0 Å². The molecule has 138 valence electrons. The number of hydrogen-bond acceptors (Lipinski definition) is 5. The molecular weight excluding hydrogens is 332 g/mol. The quantitative estimate of drug-likeness (QED) is 0.679. The minimum Gasteiger partial charge on any atom is -0.469 e. The number of rotatable bonds is 5. The van der Waals surface area contributed by atoms with Crippen LogP contribution in [0.3, 0.4) is 0 Å². The molecule has 0 aliphatic carbocycles. The zero-order valence-electron chi connectivity index (χ0n) is 14.7. The van der Waals surface area contributed by atoms with Gasteiger partial charge in [0.15, 0.2) is 0 Å². The third kappa shape index (κ3) is 4.27. The van der Waals surface area contributed by atoms with Gasteiger partial charge in [0, 0.05) is 32.6 Å². The van der Waals surface area contributed by atoms with E-state index in [0.717, 1.165) is 0 Å². The molecule has 24 heavy (non-hydrogen) atoms. The summed E-state index contributed by atoms with van der Waals surface area (Å²) in [6, 6.07) is 0. The number of amides is 1. The van der Waals surface area contributed by atoms with E-state index in [1.807, 2.05) is 13.8 Å². The molecule has 0 unspecified atom stereocenters. The topological polar surface area (TPSA) is 84.0 Å². The molecule has 2 atom stereocenters. The first kappa shape index (κ1) is 19.2. The van der Waals surface area contributed by atoms with Crippen LogP contribution in [0.1, 0.15) is 39.5 Å². The highest BCUT2D eigenvalue weighted by Crippen LogP contribution is 2.34. The summed E-state index contributed by atoms with van der Waals surface area (Å²) in [5.74, 6) is -0.107. The summed E-state index contributed by atoms with van der Waals surface area (Å²) in [7, 11) is -1.96. The van der Waals surface area contributed by atoms with E-state index in [-0.39, 0.29) is 29.9 Å². The van der Waals surface area contributed by atoms with Gasteiger partial charge in [0.1, 0.15) is 0 Å². The van der Waals surface area contributed by atoms with E-state index in [1.54, 1.807) is 9.21 Å². The van der Waals surface area contributed by atoms with Crippen LogP contribution in [0.2, 0.25) is 0 Å². The number of esters is 1. The van der Waals surface area contributed by atoms with Gasteiger partial charge in [-0.1, -0.05) is 13.8 Å². The molecular formula is C16H28N2O5S. The zero-order valence-corrected chi connectivity index (χ0v) is 15.5. The average molecular weight is 360 g/mol. The molecule has 2 aliphatic heterocycles. The summed E-state index contributed by atoms with van der Waals surface area (Å²) in [4.78, 5) is 25.1. The maximum Gasteiger partial charge on any atom is 0.306 e. The summed E-state index contributed by atoms with van der Waals surface area (Å²) in [5, 5.41) is -0.380. The monoisotopic (exact) mass is 360 g/mol. The SMILES string of the molecule is COC(=O)CCC(=O)N1CC[C@@H]2CN(CC(C)C)S(=O)(=O)[C@@H]2CC1. The van der Waals surface area contributed by atoms with Gasteiger partial charge in [-0.2, -0.15) is 0 Å². The lowest BCUT2D eigenvalue weighted by Crippen LogP contribution is -2.36. The predicted octanol–water partition coefficient (Wildman–Crippen LogP) is 0.848. The van der Waals surface area contributed by atoms with E-state index < -0.39 is 16.0 Å². The Balaban J connectivity index is 1.96. The van der Waals surface area contributed by atoms with Crippen LogP contribution in [0.5, 0.6) is 0 Å². The summed E-state index contributed by atoms with van der Waals surface area (Å²) >= 11 is 0. The van der Waals surface area contributed by atoms with Crippen LogP contribution < -0.4 is 0 Å². The number of fused-ring (bicyclic) bond motifs is 1. The Morgan fingerprint density at radius 2 is 1.83 bits per heavy atom. The van der Waals surface area contributed by atoms with Crippen molar-refractivity contribution in [2.24, 2.45) is 11.8 Å². The van der Waals surface area contributed by atoms with Crippen molar-refractivity contribution in [3.63, 3.8) is 0 Å². The smallest absolute Gasteiger partial charge is 0.306 e. The van der Waals surface area contributed by atoms with Gasteiger partial charge < -0.3 is 9.64 Å². The molecule has 2 heterocycles. The molecule has 0 aromatic rings. The predicted molar refractivity (Wildman–Crippen MR) is 89.7 cm³/mol. The van der Waals surface area contributed by atoms with Crippen LogP contribution in [0, 0.1) is 11.8 Å². The number of nitrogens with zero attached hydrogens (tertiary/aromatic N) is 2. The highest BCUT2D eigenvalue weighted by molar-refractivity contribution is 7.90. The zero-order chi connectivity index (χ0) is 17.9. The van der Waals surface area contributed by atoms with E-state index in [2.05, 4.69) is 4.74 Å². The van der Waals surface area contributed by atoms with Gasteiger partial charge >= 0.3 is 5.97 Å². The molecule has 0 aromatic heterocycles. The second kappa shape index (κ2) is 7.82. The molecule has 0 radical (unpaired) electrons. The largest absolute Gasteiger partial charge is 0.469 e. The molecule has 2 rings (SSSR count). The van der Waals surface area contributed by atoms with Crippen molar-refractivity contribution in [3.05, 3.63) is 0 Å². The standard InChI is InChI=1S/C16H28N2O5S/c1-12(2)10-18-11-13-6-8-17(9-7-14(13)24(18,21)22)15(19)4-5-16(20)23-3/h12-14H,4-11H2,1-3H3/t13-,14-/m1/s1. The van der Waals surface area contributed by atoms with E-state index in [1.165, 1.54) is 7.11 Å². The first-order valence-electron chi connectivity index (χ1n) is 8.59. The van der Waals surface area contributed by atoms with Gasteiger partial charge in [0.25, 0.3) is 0 Å². The van der Waals surface area contributed by atoms with Crippen molar-refractivity contribution in [2.45, 2.75) is 44.8 Å². The second-order valence-corrected chi connectivity index (χ2v) is 9.24. The van der Waals surface area contributed by atoms with Crippen molar-refractivity contribution >= 4 is 21.9 Å². The van der Waals surface area contributed by atoms with Crippen LogP contribution in [-0.4, -0.2) is 68.0 Å². The first-order chi connectivity index (χ1) is 11.3. The third-order valence-corrected chi connectivity index (χ3v) is 7.26. The van der Waals surface area contributed by atoms with Gasteiger partial charge in [-0.05, 0) is 24.7 Å². The molecule has 0 spiro atoms. The molecule has 1 amide bonds. The number of ether oxygens (including phenoxy) is 1. The van der Waals surface area contributed by atoms with Crippen LogP contribution in [0.25, 0.3) is 0 Å². The molecule has 2 fully saturated rings. The van der Waals surface area contributed by atoms with Crippen LogP contribution in [0.15, 0.2) is 0 Å². The molecule has 2 aliphatic rings. The van der Waals surface area contributed by atoms with E-state index in [9.17, 15) is 18.0 Å². The Bertz CT molecular complexity index is 575. The number of sulfonamides is 1. The lowest BCUT2D eigenvalue weighted by molar-refractivity contribution is -0.143. The second-order valence-electron chi connectivity index (χ2n) is 7.09. The van der Waals surface area contributed by atoms with Gasteiger partial charge in [-0.15, -0.1) is 0 Å². The first-order valence-corrected chi connectivity index (χ1v) is 10.1. The Hall–Kier alpha value is -1.15. The number of carbonyl (C=O) groups excluding carboxylic acids is 2. The van der Waals surface area contributed by atoms with Crippen LogP contribution in [-0.2, 0) is 24.3 Å². The summed E-state index contributed by atoms with van der Waals surface area (Å²) < 4.78 is 31.6. The number of carbonyl (C=O) groups is 2. The molecule has 0 bridgehead atoms. The maximum absolute atomic E-state index is 12.7.